The molecule has 0 fully saturated rings. The van der Waals surface area contributed by atoms with E-state index in [-0.39, 0.29) is 0 Å². The van der Waals surface area contributed by atoms with Gasteiger partial charge in [-0.2, -0.15) is 0 Å². The minimum atomic E-state index is 0.938. The Kier molecular flexibility index (Phi) is 3.60. The highest BCUT2D eigenvalue weighted by atomic mass is 32.1. The Bertz CT molecular complexity index is 1940. The molecule has 0 bridgehead atoms. The van der Waals surface area contributed by atoms with Gasteiger partial charge >= 0.3 is 0 Å². The van der Waals surface area contributed by atoms with Crippen LogP contribution < -0.4 is 4.74 Å². The zero-order valence-electron chi connectivity index (χ0n) is 18.2. The molecule has 2 heteroatoms. The molecule has 2 heterocycles. The van der Waals surface area contributed by atoms with Crippen LogP contribution in [0.5, 0.6) is 11.5 Å². The SMILES string of the molecule is c1cc(-c2cccc3c2sc2ccccc23)c2c(c1)-c1cccc3c1c(cc1ccccc13)O2. The Morgan fingerprint density at radius 3 is 2.06 bits per heavy atom. The molecule has 0 radical (unpaired) electrons. The molecule has 0 saturated carbocycles. The first-order valence-electron chi connectivity index (χ1n) is 11.5. The van der Waals surface area contributed by atoms with Gasteiger partial charge in [-0.05, 0) is 33.9 Å². The number of rotatable bonds is 1. The van der Waals surface area contributed by atoms with Gasteiger partial charge in [-0.1, -0.05) is 97.1 Å². The van der Waals surface area contributed by atoms with Gasteiger partial charge < -0.3 is 4.74 Å². The molecule has 8 rings (SSSR count). The number of ether oxygens (including phenoxy) is 1. The van der Waals surface area contributed by atoms with E-state index in [2.05, 4.69) is 109 Å². The highest BCUT2D eigenvalue weighted by Gasteiger charge is 2.25. The molecule has 0 saturated heterocycles. The van der Waals surface area contributed by atoms with Gasteiger partial charge in [0, 0.05) is 42.2 Å². The van der Waals surface area contributed by atoms with Crippen molar-refractivity contribution in [1.29, 1.82) is 0 Å². The van der Waals surface area contributed by atoms with Crippen LogP contribution in [0.15, 0.2) is 109 Å². The summed E-state index contributed by atoms with van der Waals surface area (Å²) in [6.07, 6.45) is 0. The first-order valence-corrected chi connectivity index (χ1v) is 12.3. The number of hydrogen-bond acceptors (Lipinski definition) is 2. The van der Waals surface area contributed by atoms with E-state index in [9.17, 15) is 0 Å². The van der Waals surface area contributed by atoms with Crippen molar-refractivity contribution in [3.8, 4) is 33.8 Å². The standard InChI is InChI=1S/C32H18OS/c1-2-9-20-19(8-1)18-28-30-22(20)11-5-12-23(30)24-13-6-14-25(31(24)33-28)27-16-7-15-26-21-10-3-4-17-29(21)34-32(26)27/h1-18H. The molecule has 0 aliphatic carbocycles. The smallest absolute Gasteiger partial charge is 0.143 e. The molecular formula is C32H18OS. The first-order chi connectivity index (χ1) is 16.9. The van der Waals surface area contributed by atoms with Crippen LogP contribution in [0.25, 0.3) is 64.0 Å². The van der Waals surface area contributed by atoms with Crippen molar-refractivity contribution in [1.82, 2.24) is 0 Å². The second-order valence-corrected chi connectivity index (χ2v) is 9.94. The van der Waals surface area contributed by atoms with Gasteiger partial charge in [0.05, 0.1) is 0 Å². The Labute approximate surface area is 200 Å². The first kappa shape index (κ1) is 18.3. The van der Waals surface area contributed by atoms with Crippen LogP contribution in [0.3, 0.4) is 0 Å². The lowest BCUT2D eigenvalue weighted by Gasteiger charge is -2.24. The van der Waals surface area contributed by atoms with Crippen LogP contribution in [0, 0.1) is 0 Å². The summed E-state index contributed by atoms with van der Waals surface area (Å²) in [5, 5.41) is 7.53. The van der Waals surface area contributed by atoms with Crippen LogP contribution in [0.4, 0.5) is 0 Å². The van der Waals surface area contributed by atoms with Gasteiger partial charge in [0.25, 0.3) is 0 Å². The molecule has 0 atom stereocenters. The van der Waals surface area contributed by atoms with E-state index in [1.54, 1.807) is 0 Å². The third-order valence-corrected chi connectivity index (χ3v) is 8.28. The highest BCUT2D eigenvalue weighted by molar-refractivity contribution is 7.26. The van der Waals surface area contributed by atoms with Gasteiger partial charge in [0.15, 0.2) is 0 Å². The molecule has 1 aromatic heterocycles. The maximum absolute atomic E-state index is 6.77. The summed E-state index contributed by atoms with van der Waals surface area (Å²) in [6, 6.07) is 39.2. The zero-order valence-corrected chi connectivity index (χ0v) is 19.0. The molecule has 0 N–H and O–H groups in total. The summed E-state index contributed by atoms with van der Waals surface area (Å²) in [5.41, 5.74) is 4.77. The lowest BCUT2D eigenvalue weighted by Crippen LogP contribution is -1.99. The van der Waals surface area contributed by atoms with Crippen molar-refractivity contribution in [2.45, 2.75) is 0 Å². The highest BCUT2D eigenvalue weighted by Crippen LogP contribution is 2.53. The van der Waals surface area contributed by atoms with E-state index in [1.165, 1.54) is 52.8 Å². The summed E-state index contributed by atoms with van der Waals surface area (Å²) < 4.78 is 9.40. The van der Waals surface area contributed by atoms with E-state index in [4.69, 9.17) is 4.74 Å². The van der Waals surface area contributed by atoms with E-state index in [0.29, 0.717) is 0 Å². The third kappa shape index (κ3) is 2.38. The fourth-order valence-electron chi connectivity index (χ4n) is 5.57. The Balaban J connectivity index is 1.45. The zero-order chi connectivity index (χ0) is 22.2. The maximum atomic E-state index is 6.77. The minimum absolute atomic E-state index is 0.938. The van der Waals surface area contributed by atoms with Gasteiger partial charge in [-0.15, -0.1) is 11.3 Å². The predicted molar refractivity (Wildman–Crippen MR) is 145 cm³/mol. The monoisotopic (exact) mass is 450 g/mol. The molecule has 1 aliphatic heterocycles. The van der Waals surface area contributed by atoms with E-state index in [1.807, 2.05) is 11.3 Å². The number of hydrogen-bond donors (Lipinski definition) is 0. The lowest BCUT2D eigenvalue weighted by molar-refractivity contribution is 0.489. The lowest BCUT2D eigenvalue weighted by atomic mass is 9.89. The van der Waals surface area contributed by atoms with Crippen LogP contribution in [-0.2, 0) is 0 Å². The van der Waals surface area contributed by atoms with Crippen molar-refractivity contribution in [2.24, 2.45) is 0 Å². The summed E-state index contributed by atoms with van der Waals surface area (Å²) in [4.78, 5) is 0. The largest absolute Gasteiger partial charge is 0.455 e. The average molecular weight is 451 g/mol. The third-order valence-electron chi connectivity index (χ3n) is 7.06. The minimum Gasteiger partial charge on any atom is -0.455 e. The van der Waals surface area contributed by atoms with Gasteiger partial charge in [0.2, 0.25) is 0 Å². The Morgan fingerprint density at radius 1 is 0.500 bits per heavy atom. The quantitative estimate of drug-likeness (QED) is 0.226. The fourth-order valence-corrected chi connectivity index (χ4v) is 6.80. The van der Waals surface area contributed by atoms with Crippen molar-refractivity contribution < 1.29 is 4.74 Å². The number of fused-ring (bicyclic) bond motifs is 7. The van der Waals surface area contributed by atoms with Crippen molar-refractivity contribution in [2.75, 3.05) is 0 Å². The van der Waals surface area contributed by atoms with Crippen LogP contribution >= 0.6 is 11.3 Å². The molecule has 0 amide bonds. The molecular weight excluding hydrogens is 432 g/mol. The molecule has 158 valence electrons. The maximum Gasteiger partial charge on any atom is 0.143 e. The van der Waals surface area contributed by atoms with Crippen LogP contribution in [0.1, 0.15) is 0 Å². The molecule has 0 spiro atoms. The second-order valence-electron chi connectivity index (χ2n) is 8.89. The van der Waals surface area contributed by atoms with E-state index >= 15 is 0 Å². The predicted octanol–water partition coefficient (Wildman–Crippen LogP) is 9.80. The van der Waals surface area contributed by atoms with Crippen LogP contribution in [-0.4, -0.2) is 0 Å². The molecule has 6 aromatic carbocycles. The summed E-state index contributed by atoms with van der Waals surface area (Å²) >= 11 is 1.86. The topological polar surface area (TPSA) is 9.23 Å². The molecule has 0 unspecified atom stereocenters. The molecule has 1 nitrogen and oxygen atoms in total. The van der Waals surface area contributed by atoms with Crippen LogP contribution in [0.2, 0.25) is 0 Å². The Hall–Kier alpha value is -4.14. The molecule has 34 heavy (non-hydrogen) atoms. The average Bonchev–Trinajstić information content (AvgIpc) is 3.28. The normalized spacial score (nSPS) is 12.4. The van der Waals surface area contributed by atoms with Crippen molar-refractivity contribution >= 4 is 53.1 Å². The number of benzene rings is 6. The second kappa shape index (κ2) is 6.69. The molecule has 7 aromatic rings. The van der Waals surface area contributed by atoms with Crippen molar-refractivity contribution in [3.05, 3.63) is 109 Å². The van der Waals surface area contributed by atoms with Gasteiger partial charge in [0.1, 0.15) is 11.5 Å². The summed E-state index contributed by atoms with van der Waals surface area (Å²) in [6.45, 7) is 0. The van der Waals surface area contributed by atoms with E-state index in [0.717, 1.165) is 22.6 Å². The number of para-hydroxylation sites is 1. The molecule has 1 aliphatic rings. The fraction of sp³-hybridized carbons (Fsp3) is 0. The summed E-state index contributed by atoms with van der Waals surface area (Å²) in [5.74, 6) is 1.88. The van der Waals surface area contributed by atoms with Gasteiger partial charge in [-0.3, -0.25) is 0 Å². The van der Waals surface area contributed by atoms with E-state index < -0.39 is 0 Å². The Morgan fingerprint density at radius 2 is 1.15 bits per heavy atom. The number of thiophene rings is 1. The van der Waals surface area contributed by atoms with Gasteiger partial charge in [-0.25, -0.2) is 0 Å². The summed E-state index contributed by atoms with van der Waals surface area (Å²) in [7, 11) is 0. The van der Waals surface area contributed by atoms with Crippen molar-refractivity contribution in [3.63, 3.8) is 0 Å².